The van der Waals surface area contributed by atoms with E-state index in [-0.39, 0.29) is 0 Å². The third kappa shape index (κ3) is 3.25. The maximum atomic E-state index is 8.69. The van der Waals surface area contributed by atoms with Crippen LogP contribution in [0.4, 0.5) is 5.82 Å². The lowest BCUT2D eigenvalue weighted by molar-refractivity contribution is 0.643. The second-order valence-electron chi connectivity index (χ2n) is 5.52. The molecule has 1 aliphatic rings. The first-order chi connectivity index (χ1) is 10.9. The summed E-state index contributed by atoms with van der Waals surface area (Å²) >= 11 is 0. The molecule has 0 aromatic carbocycles. The molecular formula is C16H20N6. The Kier molecular flexibility index (Phi) is 4.64. The molecule has 0 unspecified atom stereocenters. The lowest BCUT2D eigenvalue weighted by atomic mass is 9.97. The Hall–Kier alpha value is -2.42. The number of allylic oxidation sites excluding steroid dienone is 1. The fourth-order valence-electron chi connectivity index (χ4n) is 2.83. The lowest BCUT2D eigenvalue weighted by Crippen LogP contribution is -2.07. The van der Waals surface area contributed by atoms with Crippen LogP contribution >= 0.6 is 0 Å². The molecule has 2 aromatic rings. The van der Waals surface area contributed by atoms with Crippen molar-refractivity contribution < 1.29 is 0 Å². The number of aryl methyl sites for hydroxylation is 1. The van der Waals surface area contributed by atoms with E-state index in [0.29, 0.717) is 13.0 Å². The van der Waals surface area contributed by atoms with E-state index in [4.69, 9.17) is 5.26 Å². The molecule has 6 heteroatoms. The Morgan fingerprint density at radius 1 is 1.32 bits per heavy atom. The molecule has 0 saturated heterocycles. The van der Waals surface area contributed by atoms with Crippen molar-refractivity contribution in [2.24, 2.45) is 0 Å². The second kappa shape index (κ2) is 7.03. The van der Waals surface area contributed by atoms with E-state index in [1.807, 2.05) is 0 Å². The molecule has 6 nitrogen and oxygen atoms in total. The van der Waals surface area contributed by atoms with Crippen molar-refractivity contribution in [1.29, 1.82) is 5.26 Å². The molecule has 0 saturated carbocycles. The van der Waals surface area contributed by atoms with Gasteiger partial charge in [0.25, 0.3) is 0 Å². The molecule has 0 fully saturated rings. The van der Waals surface area contributed by atoms with E-state index in [2.05, 4.69) is 32.5 Å². The molecule has 1 N–H and O–H groups in total. The van der Waals surface area contributed by atoms with Gasteiger partial charge in [0, 0.05) is 6.54 Å². The average molecular weight is 296 g/mol. The molecule has 0 spiro atoms. The highest BCUT2D eigenvalue weighted by molar-refractivity contribution is 5.86. The van der Waals surface area contributed by atoms with Crippen molar-refractivity contribution in [1.82, 2.24) is 19.7 Å². The summed E-state index contributed by atoms with van der Waals surface area (Å²) < 4.78 is 1.76. The fourth-order valence-corrected chi connectivity index (χ4v) is 2.83. The molecule has 2 aromatic heterocycles. The minimum atomic E-state index is 0.428. The van der Waals surface area contributed by atoms with Crippen molar-refractivity contribution >= 4 is 16.9 Å². The summed E-state index contributed by atoms with van der Waals surface area (Å²) in [5.41, 5.74) is 2.33. The van der Waals surface area contributed by atoms with Gasteiger partial charge in [-0.05, 0) is 32.1 Å². The Labute approximate surface area is 129 Å². The fraction of sp³-hybridized carbons (Fsp3) is 0.500. The number of aromatic nitrogens is 4. The summed E-state index contributed by atoms with van der Waals surface area (Å²) in [4.78, 5) is 8.60. The third-order valence-electron chi connectivity index (χ3n) is 3.99. The Morgan fingerprint density at radius 3 is 3.09 bits per heavy atom. The number of fused-ring (bicyclic) bond motifs is 1. The Bertz CT molecular complexity index is 709. The van der Waals surface area contributed by atoms with Gasteiger partial charge in [-0.1, -0.05) is 11.6 Å². The van der Waals surface area contributed by atoms with Gasteiger partial charge in [0.15, 0.2) is 5.65 Å². The van der Waals surface area contributed by atoms with Gasteiger partial charge in [0.2, 0.25) is 0 Å². The molecule has 0 radical (unpaired) electrons. The zero-order chi connectivity index (χ0) is 15.2. The van der Waals surface area contributed by atoms with Crippen LogP contribution in [-0.4, -0.2) is 26.3 Å². The largest absolute Gasteiger partial charge is 0.369 e. The Balaban J connectivity index is 1.67. The average Bonchev–Trinajstić information content (AvgIpc) is 2.98. The van der Waals surface area contributed by atoms with Gasteiger partial charge in [-0.25, -0.2) is 14.6 Å². The number of anilines is 1. The molecule has 0 aliphatic heterocycles. The summed E-state index contributed by atoms with van der Waals surface area (Å²) in [7, 11) is 0. The van der Waals surface area contributed by atoms with Gasteiger partial charge in [0.05, 0.1) is 30.6 Å². The van der Waals surface area contributed by atoms with Crippen molar-refractivity contribution in [3.63, 3.8) is 0 Å². The van der Waals surface area contributed by atoms with Crippen molar-refractivity contribution in [2.75, 3.05) is 11.9 Å². The first kappa shape index (κ1) is 14.5. The van der Waals surface area contributed by atoms with Crippen LogP contribution in [0.25, 0.3) is 11.0 Å². The molecule has 0 bridgehead atoms. The molecule has 22 heavy (non-hydrogen) atoms. The van der Waals surface area contributed by atoms with E-state index in [9.17, 15) is 0 Å². The standard InChI is InChI=1S/C16H20N6/c17-8-4-10-22-16-14(11-21-22)15(19-12-20-16)18-9-7-13-5-2-1-3-6-13/h5,11-12H,1-4,6-7,9-10H2,(H,18,19,20). The molecule has 1 aliphatic carbocycles. The number of hydrogen-bond acceptors (Lipinski definition) is 5. The number of hydrogen-bond donors (Lipinski definition) is 1. The maximum Gasteiger partial charge on any atom is 0.163 e. The number of rotatable bonds is 6. The molecule has 114 valence electrons. The van der Waals surface area contributed by atoms with E-state index in [1.54, 1.807) is 22.8 Å². The topological polar surface area (TPSA) is 79.4 Å². The highest BCUT2D eigenvalue weighted by Gasteiger charge is 2.10. The van der Waals surface area contributed by atoms with Crippen LogP contribution in [0.3, 0.4) is 0 Å². The van der Waals surface area contributed by atoms with E-state index in [1.165, 1.54) is 25.7 Å². The number of nitrogens with one attached hydrogen (secondary N) is 1. The summed E-state index contributed by atoms with van der Waals surface area (Å²) in [6, 6.07) is 2.13. The van der Waals surface area contributed by atoms with E-state index >= 15 is 0 Å². The van der Waals surface area contributed by atoms with Crippen molar-refractivity contribution in [2.45, 2.75) is 45.1 Å². The van der Waals surface area contributed by atoms with Gasteiger partial charge in [-0.2, -0.15) is 10.4 Å². The molecule has 2 heterocycles. The second-order valence-corrected chi connectivity index (χ2v) is 5.52. The molecule has 0 atom stereocenters. The van der Waals surface area contributed by atoms with Gasteiger partial charge in [-0.3, -0.25) is 0 Å². The SMILES string of the molecule is N#CCCn1ncc2c(NCCC3=CCCCC3)ncnc21. The van der Waals surface area contributed by atoms with Crippen molar-refractivity contribution in [3.8, 4) is 6.07 Å². The third-order valence-corrected chi connectivity index (χ3v) is 3.99. The molecular weight excluding hydrogens is 276 g/mol. The first-order valence-electron chi connectivity index (χ1n) is 7.84. The lowest BCUT2D eigenvalue weighted by Gasteiger charge is -2.13. The summed E-state index contributed by atoms with van der Waals surface area (Å²) in [5.74, 6) is 0.824. The number of nitriles is 1. The maximum absolute atomic E-state index is 8.69. The zero-order valence-electron chi connectivity index (χ0n) is 12.6. The van der Waals surface area contributed by atoms with Gasteiger partial charge >= 0.3 is 0 Å². The predicted molar refractivity (Wildman–Crippen MR) is 85.2 cm³/mol. The van der Waals surface area contributed by atoms with Crippen LogP contribution in [-0.2, 0) is 6.54 Å². The van der Waals surface area contributed by atoms with Gasteiger partial charge < -0.3 is 5.32 Å². The summed E-state index contributed by atoms with van der Waals surface area (Å²) in [5, 5.41) is 17.3. The summed E-state index contributed by atoms with van der Waals surface area (Å²) in [6.07, 6.45) is 12.3. The summed E-state index contributed by atoms with van der Waals surface area (Å²) in [6.45, 7) is 1.44. The minimum absolute atomic E-state index is 0.428. The monoisotopic (exact) mass is 296 g/mol. The van der Waals surface area contributed by atoms with Crippen LogP contribution in [0, 0.1) is 11.3 Å². The van der Waals surface area contributed by atoms with Gasteiger partial charge in [-0.15, -0.1) is 0 Å². The van der Waals surface area contributed by atoms with Crippen LogP contribution in [0.1, 0.15) is 38.5 Å². The van der Waals surface area contributed by atoms with Crippen LogP contribution < -0.4 is 5.32 Å². The number of nitrogens with zero attached hydrogens (tertiary/aromatic N) is 5. The molecule has 3 rings (SSSR count). The van der Waals surface area contributed by atoms with Crippen molar-refractivity contribution in [3.05, 3.63) is 24.2 Å². The zero-order valence-corrected chi connectivity index (χ0v) is 12.6. The predicted octanol–water partition coefficient (Wildman–Crippen LogP) is 3.04. The minimum Gasteiger partial charge on any atom is -0.369 e. The normalized spacial score (nSPS) is 14.6. The van der Waals surface area contributed by atoms with Crippen LogP contribution in [0.5, 0.6) is 0 Å². The van der Waals surface area contributed by atoms with Gasteiger partial charge in [0.1, 0.15) is 12.1 Å². The Morgan fingerprint density at radius 2 is 2.27 bits per heavy atom. The van der Waals surface area contributed by atoms with Crippen LogP contribution in [0.2, 0.25) is 0 Å². The quantitative estimate of drug-likeness (QED) is 0.829. The molecule has 0 amide bonds. The smallest absolute Gasteiger partial charge is 0.163 e. The van der Waals surface area contributed by atoms with E-state index in [0.717, 1.165) is 29.8 Å². The highest BCUT2D eigenvalue weighted by Crippen LogP contribution is 2.22. The first-order valence-corrected chi connectivity index (χ1v) is 7.84. The van der Waals surface area contributed by atoms with Crippen LogP contribution in [0.15, 0.2) is 24.2 Å². The highest BCUT2D eigenvalue weighted by atomic mass is 15.3. The van der Waals surface area contributed by atoms with E-state index < -0.39 is 0 Å².